The molecule has 0 unspecified atom stereocenters. The minimum Gasteiger partial charge on any atom is -0.384 e. The molecule has 2 nitrogen and oxygen atoms in total. The van der Waals surface area contributed by atoms with E-state index in [1.807, 2.05) is 6.07 Å². The molecule has 4 heteroatoms. The molecular weight excluding hydrogens is 309 g/mol. The van der Waals surface area contributed by atoms with E-state index in [2.05, 4.69) is 21.2 Å². The van der Waals surface area contributed by atoms with Gasteiger partial charge in [-0.15, -0.1) is 0 Å². The summed E-state index contributed by atoms with van der Waals surface area (Å²) in [6, 6.07) is 10.2. The minimum absolute atomic E-state index is 0.0901. The number of rotatable bonds is 2. The maximum Gasteiger partial charge on any atom is 0.196 e. The van der Waals surface area contributed by atoms with E-state index in [0.717, 1.165) is 18.7 Å². The topological polar surface area (TPSA) is 29.1 Å². The Morgan fingerprint density at radius 3 is 2.95 bits per heavy atom. The maximum atomic E-state index is 13.9. The highest BCUT2D eigenvalue weighted by Gasteiger charge is 2.18. The average molecular weight is 320 g/mol. The number of hydrogen-bond acceptors (Lipinski definition) is 2. The van der Waals surface area contributed by atoms with Crippen molar-refractivity contribution in [3.8, 4) is 0 Å². The molecule has 2 aromatic rings. The fourth-order valence-electron chi connectivity index (χ4n) is 2.27. The first-order valence-corrected chi connectivity index (χ1v) is 6.81. The van der Waals surface area contributed by atoms with Gasteiger partial charge < -0.3 is 5.32 Å². The molecule has 0 saturated heterocycles. The number of anilines is 1. The van der Waals surface area contributed by atoms with Crippen molar-refractivity contribution in [3.05, 3.63) is 63.4 Å². The quantitative estimate of drug-likeness (QED) is 0.853. The van der Waals surface area contributed by atoms with Gasteiger partial charge in [-0.2, -0.15) is 0 Å². The first-order chi connectivity index (χ1) is 9.16. The van der Waals surface area contributed by atoms with E-state index in [1.54, 1.807) is 24.3 Å². The van der Waals surface area contributed by atoms with Crippen molar-refractivity contribution in [2.24, 2.45) is 0 Å². The van der Waals surface area contributed by atoms with Crippen LogP contribution in [0.25, 0.3) is 0 Å². The molecule has 0 aromatic heterocycles. The van der Waals surface area contributed by atoms with E-state index < -0.39 is 5.82 Å². The minimum atomic E-state index is -0.513. The first kappa shape index (κ1) is 12.4. The summed E-state index contributed by atoms with van der Waals surface area (Å²) in [6.45, 7) is 0.887. The largest absolute Gasteiger partial charge is 0.384 e. The molecule has 1 aliphatic heterocycles. The summed E-state index contributed by atoms with van der Waals surface area (Å²) in [5, 5.41) is 3.22. The fraction of sp³-hybridized carbons (Fsp3) is 0.133. The molecule has 1 N–H and O–H groups in total. The number of ketones is 1. The number of halogens is 2. The van der Waals surface area contributed by atoms with E-state index in [4.69, 9.17) is 0 Å². The van der Waals surface area contributed by atoms with E-state index in [0.29, 0.717) is 10.0 Å². The Kier molecular flexibility index (Phi) is 3.11. The summed E-state index contributed by atoms with van der Waals surface area (Å²) in [5.74, 6) is -0.809. The van der Waals surface area contributed by atoms with Crippen molar-refractivity contribution in [2.75, 3.05) is 11.9 Å². The first-order valence-electron chi connectivity index (χ1n) is 6.02. The lowest BCUT2D eigenvalue weighted by Gasteiger charge is -2.06. The van der Waals surface area contributed by atoms with Crippen LogP contribution in [0.2, 0.25) is 0 Å². The zero-order chi connectivity index (χ0) is 13.4. The summed E-state index contributed by atoms with van der Waals surface area (Å²) >= 11 is 3.10. The van der Waals surface area contributed by atoms with Crippen molar-refractivity contribution < 1.29 is 9.18 Å². The van der Waals surface area contributed by atoms with Crippen LogP contribution < -0.4 is 5.32 Å². The lowest BCUT2D eigenvalue weighted by atomic mass is 10.0. The van der Waals surface area contributed by atoms with Gasteiger partial charge in [-0.1, -0.05) is 18.2 Å². The third-order valence-electron chi connectivity index (χ3n) is 3.28. The van der Waals surface area contributed by atoms with Gasteiger partial charge in [0.1, 0.15) is 5.82 Å². The molecule has 0 spiro atoms. The number of hydrogen-bond donors (Lipinski definition) is 1. The van der Waals surface area contributed by atoms with E-state index in [1.165, 1.54) is 11.6 Å². The molecule has 0 aliphatic carbocycles. The second kappa shape index (κ2) is 4.78. The highest BCUT2D eigenvalue weighted by Crippen LogP contribution is 2.26. The zero-order valence-corrected chi connectivity index (χ0v) is 11.6. The molecule has 2 aromatic carbocycles. The summed E-state index contributed by atoms with van der Waals surface area (Å²) in [7, 11) is 0. The van der Waals surface area contributed by atoms with Crippen LogP contribution in [-0.4, -0.2) is 12.3 Å². The smallest absolute Gasteiger partial charge is 0.196 e. The van der Waals surface area contributed by atoms with Gasteiger partial charge in [0.25, 0.3) is 0 Å². The number of nitrogens with one attached hydrogen (secondary N) is 1. The lowest BCUT2D eigenvalue weighted by Crippen LogP contribution is -2.05. The number of fused-ring (bicyclic) bond motifs is 1. The molecule has 96 valence electrons. The van der Waals surface area contributed by atoms with Gasteiger partial charge in [0.15, 0.2) is 5.78 Å². The molecule has 0 atom stereocenters. The maximum absolute atomic E-state index is 13.9. The van der Waals surface area contributed by atoms with Gasteiger partial charge in [-0.25, -0.2) is 4.39 Å². The van der Waals surface area contributed by atoms with Crippen LogP contribution in [0.3, 0.4) is 0 Å². The molecule has 0 saturated carbocycles. The Bertz CT molecular complexity index is 669. The molecule has 0 radical (unpaired) electrons. The van der Waals surface area contributed by atoms with Crippen molar-refractivity contribution >= 4 is 27.4 Å². The van der Waals surface area contributed by atoms with Gasteiger partial charge in [0, 0.05) is 17.8 Å². The van der Waals surface area contributed by atoms with E-state index in [9.17, 15) is 9.18 Å². The van der Waals surface area contributed by atoms with Crippen LogP contribution in [0.1, 0.15) is 21.5 Å². The lowest BCUT2D eigenvalue weighted by molar-refractivity contribution is 0.103. The highest BCUT2D eigenvalue weighted by atomic mass is 79.9. The van der Waals surface area contributed by atoms with Crippen molar-refractivity contribution in [1.29, 1.82) is 0 Å². The Morgan fingerprint density at radius 1 is 1.26 bits per heavy atom. The number of carbonyl (C=O) groups is 1. The normalized spacial score (nSPS) is 12.9. The SMILES string of the molecule is O=C(c1ccc2c(c1)NCC2)c1cccc(Br)c1F. The summed E-state index contributed by atoms with van der Waals surface area (Å²) in [4.78, 5) is 12.3. The van der Waals surface area contributed by atoms with Crippen molar-refractivity contribution in [1.82, 2.24) is 0 Å². The molecule has 19 heavy (non-hydrogen) atoms. The second-order valence-corrected chi connectivity index (χ2v) is 5.33. The van der Waals surface area contributed by atoms with Crippen LogP contribution in [0.5, 0.6) is 0 Å². The predicted molar refractivity (Wildman–Crippen MR) is 76.2 cm³/mol. The molecule has 0 amide bonds. The van der Waals surface area contributed by atoms with Crippen LogP contribution in [-0.2, 0) is 6.42 Å². The van der Waals surface area contributed by atoms with Crippen LogP contribution in [0, 0.1) is 5.82 Å². The Balaban J connectivity index is 2.02. The molecule has 1 heterocycles. The third-order valence-corrected chi connectivity index (χ3v) is 3.89. The Morgan fingerprint density at radius 2 is 2.11 bits per heavy atom. The summed E-state index contributed by atoms with van der Waals surface area (Å²) in [6.07, 6.45) is 0.967. The predicted octanol–water partition coefficient (Wildman–Crippen LogP) is 3.79. The standard InChI is InChI=1S/C15H11BrFNO/c16-12-3-1-2-11(14(12)17)15(19)10-5-4-9-6-7-18-13(9)8-10/h1-5,8,18H,6-7H2. The average Bonchev–Trinajstić information content (AvgIpc) is 2.88. The van der Waals surface area contributed by atoms with Crippen LogP contribution >= 0.6 is 15.9 Å². The second-order valence-electron chi connectivity index (χ2n) is 4.48. The van der Waals surface area contributed by atoms with E-state index >= 15 is 0 Å². The van der Waals surface area contributed by atoms with Crippen molar-refractivity contribution in [3.63, 3.8) is 0 Å². The van der Waals surface area contributed by atoms with Crippen LogP contribution in [0.4, 0.5) is 10.1 Å². The molecule has 0 fully saturated rings. The number of carbonyl (C=O) groups excluding carboxylic acids is 1. The third kappa shape index (κ3) is 2.16. The van der Waals surface area contributed by atoms with Crippen LogP contribution in [0.15, 0.2) is 40.9 Å². The molecule has 3 rings (SSSR count). The van der Waals surface area contributed by atoms with E-state index in [-0.39, 0.29) is 11.3 Å². The molecule has 0 bridgehead atoms. The Hall–Kier alpha value is -1.68. The zero-order valence-electron chi connectivity index (χ0n) is 10.0. The highest BCUT2D eigenvalue weighted by molar-refractivity contribution is 9.10. The van der Waals surface area contributed by atoms with Gasteiger partial charge in [0.2, 0.25) is 0 Å². The van der Waals surface area contributed by atoms with Gasteiger partial charge in [0.05, 0.1) is 10.0 Å². The monoisotopic (exact) mass is 319 g/mol. The fourth-order valence-corrected chi connectivity index (χ4v) is 2.63. The molecular formula is C15H11BrFNO. The summed E-state index contributed by atoms with van der Waals surface area (Å²) in [5.41, 5.74) is 2.77. The summed E-state index contributed by atoms with van der Waals surface area (Å²) < 4.78 is 14.2. The Labute approximate surface area is 118 Å². The van der Waals surface area contributed by atoms with Gasteiger partial charge >= 0.3 is 0 Å². The number of benzene rings is 2. The van der Waals surface area contributed by atoms with Gasteiger partial charge in [-0.3, -0.25) is 4.79 Å². The van der Waals surface area contributed by atoms with Gasteiger partial charge in [-0.05, 0) is 46.1 Å². The van der Waals surface area contributed by atoms with Crippen molar-refractivity contribution in [2.45, 2.75) is 6.42 Å². The molecule has 1 aliphatic rings.